The number of methoxy groups -OCH3 is 1. The van der Waals surface area contributed by atoms with Crippen LogP contribution in [-0.4, -0.2) is 18.9 Å². The number of para-hydroxylation sites is 1. The first-order valence-electron chi connectivity index (χ1n) is 8.75. The van der Waals surface area contributed by atoms with Gasteiger partial charge in [0, 0.05) is 17.8 Å². The van der Waals surface area contributed by atoms with Crippen LogP contribution >= 0.6 is 0 Å². The molecule has 0 saturated heterocycles. The van der Waals surface area contributed by atoms with Crippen LogP contribution in [-0.2, 0) is 16.1 Å². The maximum Gasteiger partial charge on any atom is 0.240 e. The Bertz CT molecular complexity index is 841. The zero-order chi connectivity index (χ0) is 18.7. The molecular weight excluding hydrogens is 328 g/mol. The van der Waals surface area contributed by atoms with E-state index in [0.29, 0.717) is 19.4 Å². The Labute approximate surface area is 153 Å². The SMILES string of the molecule is COc1ccccc1CNC(=O)C1(C(=O)Nc2ccc(C)cc2C)CC1. The predicted molar refractivity (Wildman–Crippen MR) is 101 cm³/mol. The van der Waals surface area contributed by atoms with Crippen LogP contribution in [0.3, 0.4) is 0 Å². The number of carbonyl (C=O) groups excluding carboxylic acids is 2. The summed E-state index contributed by atoms with van der Waals surface area (Å²) < 4.78 is 5.30. The maximum absolute atomic E-state index is 12.7. The van der Waals surface area contributed by atoms with Gasteiger partial charge >= 0.3 is 0 Å². The molecule has 1 aliphatic rings. The molecule has 1 saturated carbocycles. The first-order chi connectivity index (χ1) is 12.5. The average Bonchev–Trinajstić information content (AvgIpc) is 3.44. The van der Waals surface area contributed by atoms with Crippen molar-refractivity contribution in [2.75, 3.05) is 12.4 Å². The number of ether oxygens (including phenoxy) is 1. The van der Waals surface area contributed by atoms with Gasteiger partial charge in [-0.25, -0.2) is 0 Å². The summed E-state index contributed by atoms with van der Waals surface area (Å²) in [5.41, 5.74) is 2.80. The summed E-state index contributed by atoms with van der Waals surface area (Å²) in [6.45, 7) is 4.29. The number of hydrogen-bond acceptors (Lipinski definition) is 3. The Kier molecular flexibility index (Phi) is 4.98. The number of rotatable bonds is 6. The molecule has 2 aromatic rings. The second kappa shape index (κ2) is 7.20. The topological polar surface area (TPSA) is 67.4 Å². The van der Waals surface area contributed by atoms with E-state index >= 15 is 0 Å². The third-order valence-corrected chi connectivity index (χ3v) is 4.88. The van der Waals surface area contributed by atoms with Crippen LogP contribution in [0.25, 0.3) is 0 Å². The van der Waals surface area contributed by atoms with Crippen LogP contribution < -0.4 is 15.4 Å². The first kappa shape index (κ1) is 18.0. The van der Waals surface area contributed by atoms with Crippen molar-refractivity contribution in [1.29, 1.82) is 0 Å². The van der Waals surface area contributed by atoms with Gasteiger partial charge in [0.05, 0.1) is 7.11 Å². The fourth-order valence-corrected chi connectivity index (χ4v) is 3.07. The molecule has 2 aromatic carbocycles. The highest BCUT2D eigenvalue weighted by molar-refractivity contribution is 6.13. The van der Waals surface area contributed by atoms with E-state index in [1.54, 1.807) is 7.11 Å². The highest BCUT2D eigenvalue weighted by Gasteiger charge is 2.56. The molecule has 0 heterocycles. The van der Waals surface area contributed by atoms with E-state index in [0.717, 1.165) is 28.1 Å². The molecule has 0 radical (unpaired) electrons. The van der Waals surface area contributed by atoms with Gasteiger partial charge < -0.3 is 15.4 Å². The quantitative estimate of drug-likeness (QED) is 0.784. The van der Waals surface area contributed by atoms with E-state index in [1.165, 1.54) is 0 Å². The molecule has 0 aromatic heterocycles. The molecule has 26 heavy (non-hydrogen) atoms. The van der Waals surface area contributed by atoms with Crippen molar-refractivity contribution in [2.45, 2.75) is 33.2 Å². The predicted octanol–water partition coefficient (Wildman–Crippen LogP) is 3.35. The minimum Gasteiger partial charge on any atom is -0.496 e. The average molecular weight is 352 g/mol. The number of hydrogen-bond donors (Lipinski definition) is 2. The number of amides is 2. The Morgan fingerprint density at radius 1 is 1.08 bits per heavy atom. The third-order valence-electron chi connectivity index (χ3n) is 4.88. The molecule has 3 rings (SSSR count). The van der Waals surface area contributed by atoms with Gasteiger partial charge in [-0.15, -0.1) is 0 Å². The van der Waals surface area contributed by atoms with Crippen molar-refractivity contribution in [3.05, 3.63) is 59.2 Å². The van der Waals surface area contributed by atoms with Crippen LogP contribution in [0.15, 0.2) is 42.5 Å². The number of benzene rings is 2. The molecule has 5 heteroatoms. The van der Waals surface area contributed by atoms with Gasteiger partial charge in [-0.2, -0.15) is 0 Å². The second-order valence-electron chi connectivity index (χ2n) is 6.85. The van der Waals surface area contributed by atoms with Gasteiger partial charge in [-0.05, 0) is 44.4 Å². The lowest BCUT2D eigenvalue weighted by Crippen LogP contribution is -2.39. The molecule has 0 aliphatic heterocycles. The van der Waals surface area contributed by atoms with E-state index in [1.807, 2.05) is 56.3 Å². The number of aryl methyl sites for hydroxylation is 2. The molecular formula is C21H24N2O3. The standard InChI is InChI=1S/C21H24N2O3/c1-14-8-9-17(15(2)12-14)23-20(25)21(10-11-21)19(24)22-13-16-6-4-5-7-18(16)26-3/h4-9,12H,10-11,13H2,1-3H3,(H,22,24)(H,23,25). The Morgan fingerprint density at radius 3 is 2.46 bits per heavy atom. The number of anilines is 1. The summed E-state index contributed by atoms with van der Waals surface area (Å²) in [6.07, 6.45) is 1.14. The summed E-state index contributed by atoms with van der Waals surface area (Å²) in [7, 11) is 1.60. The zero-order valence-corrected chi connectivity index (χ0v) is 15.4. The molecule has 0 bridgehead atoms. The van der Waals surface area contributed by atoms with Crippen molar-refractivity contribution in [3.8, 4) is 5.75 Å². The maximum atomic E-state index is 12.7. The molecule has 5 nitrogen and oxygen atoms in total. The monoisotopic (exact) mass is 352 g/mol. The van der Waals surface area contributed by atoms with E-state index in [-0.39, 0.29) is 11.8 Å². The molecule has 1 aliphatic carbocycles. The highest BCUT2D eigenvalue weighted by Crippen LogP contribution is 2.47. The smallest absolute Gasteiger partial charge is 0.240 e. The lowest BCUT2D eigenvalue weighted by Gasteiger charge is -2.17. The van der Waals surface area contributed by atoms with E-state index in [2.05, 4.69) is 10.6 Å². The van der Waals surface area contributed by atoms with Gasteiger partial charge in [0.25, 0.3) is 0 Å². The van der Waals surface area contributed by atoms with Crippen molar-refractivity contribution >= 4 is 17.5 Å². The van der Waals surface area contributed by atoms with E-state index in [9.17, 15) is 9.59 Å². The molecule has 136 valence electrons. The summed E-state index contributed by atoms with van der Waals surface area (Å²) in [6, 6.07) is 13.4. The minimum atomic E-state index is -0.959. The molecule has 0 unspecified atom stereocenters. The largest absolute Gasteiger partial charge is 0.496 e. The number of carbonyl (C=O) groups is 2. The first-order valence-corrected chi connectivity index (χ1v) is 8.75. The molecule has 2 N–H and O–H groups in total. The van der Waals surface area contributed by atoms with Crippen LogP contribution in [0.1, 0.15) is 29.5 Å². The van der Waals surface area contributed by atoms with Gasteiger partial charge in [-0.1, -0.05) is 35.9 Å². The summed E-state index contributed by atoms with van der Waals surface area (Å²) in [5.74, 6) is 0.255. The van der Waals surface area contributed by atoms with Gasteiger partial charge in [0.1, 0.15) is 11.2 Å². The Morgan fingerprint density at radius 2 is 1.81 bits per heavy atom. The molecule has 0 atom stereocenters. The van der Waals surface area contributed by atoms with Gasteiger partial charge in [0.2, 0.25) is 11.8 Å². The zero-order valence-electron chi connectivity index (χ0n) is 15.4. The fraction of sp³-hybridized carbons (Fsp3) is 0.333. The summed E-state index contributed by atoms with van der Waals surface area (Å²) >= 11 is 0. The molecule has 2 amide bonds. The summed E-state index contributed by atoms with van der Waals surface area (Å²) in [5, 5.41) is 5.80. The Hall–Kier alpha value is -2.82. The third kappa shape index (κ3) is 3.57. The van der Waals surface area contributed by atoms with Crippen LogP contribution in [0.5, 0.6) is 5.75 Å². The number of nitrogens with one attached hydrogen (secondary N) is 2. The fourth-order valence-electron chi connectivity index (χ4n) is 3.07. The van der Waals surface area contributed by atoms with Crippen molar-refractivity contribution in [2.24, 2.45) is 5.41 Å². The molecule has 1 fully saturated rings. The van der Waals surface area contributed by atoms with Crippen molar-refractivity contribution < 1.29 is 14.3 Å². The lowest BCUT2D eigenvalue weighted by molar-refractivity contribution is -0.134. The van der Waals surface area contributed by atoms with Crippen LogP contribution in [0, 0.1) is 19.3 Å². The normalized spacial score (nSPS) is 14.4. The van der Waals surface area contributed by atoms with Crippen LogP contribution in [0.2, 0.25) is 0 Å². The van der Waals surface area contributed by atoms with Gasteiger partial charge in [0.15, 0.2) is 0 Å². The second-order valence-corrected chi connectivity index (χ2v) is 6.85. The van der Waals surface area contributed by atoms with Crippen molar-refractivity contribution in [1.82, 2.24) is 5.32 Å². The van der Waals surface area contributed by atoms with E-state index in [4.69, 9.17) is 4.74 Å². The van der Waals surface area contributed by atoms with Crippen molar-refractivity contribution in [3.63, 3.8) is 0 Å². The van der Waals surface area contributed by atoms with Crippen LogP contribution in [0.4, 0.5) is 5.69 Å². The molecule has 0 spiro atoms. The van der Waals surface area contributed by atoms with Gasteiger partial charge in [-0.3, -0.25) is 9.59 Å². The van der Waals surface area contributed by atoms with E-state index < -0.39 is 5.41 Å². The lowest BCUT2D eigenvalue weighted by atomic mass is 10.0. The summed E-state index contributed by atoms with van der Waals surface area (Å²) in [4.78, 5) is 25.4. The highest BCUT2D eigenvalue weighted by atomic mass is 16.5. The Balaban J connectivity index is 1.66. The minimum absolute atomic E-state index is 0.231.